The van der Waals surface area contributed by atoms with Gasteiger partial charge in [0, 0.05) is 35.3 Å². The summed E-state index contributed by atoms with van der Waals surface area (Å²) in [5, 5.41) is 0. The van der Waals surface area contributed by atoms with Gasteiger partial charge in [-0.1, -0.05) is 6.92 Å². The van der Waals surface area contributed by atoms with Gasteiger partial charge in [0.15, 0.2) is 5.96 Å². The first-order valence-corrected chi connectivity index (χ1v) is 6.84. The van der Waals surface area contributed by atoms with Gasteiger partial charge in [0.05, 0.1) is 12.1 Å². The molecule has 1 fully saturated rings. The number of guanidine groups is 1. The molecule has 0 radical (unpaired) electrons. The van der Waals surface area contributed by atoms with Crippen molar-refractivity contribution in [2.75, 3.05) is 41.8 Å². The van der Waals surface area contributed by atoms with Crippen molar-refractivity contribution in [1.82, 2.24) is 9.80 Å². The van der Waals surface area contributed by atoms with Gasteiger partial charge in [-0.25, -0.2) is 4.99 Å². The molecule has 0 aromatic carbocycles. The molecule has 106 valence electrons. The standard InChI is InChI=1S/C14H29N3O/c1-12-7-9-14(18-6,10-8-12)11-15-13(16(2)3)17(4)5/h12H,7-11H2,1-6H3. The zero-order chi connectivity index (χ0) is 13.8. The second-order valence-corrected chi connectivity index (χ2v) is 5.97. The first kappa shape index (κ1) is 15.3. The summed E-state index contributed by atoms with van der Waals surface area (Å²) in [7, 11) is 9.95. The van der Waals surface area contributed by atoms with Crippen LogP contribution in [0.2, 0.25) is 0 Å². The molecule has 0 atom stereocenters. The van der Waals surface area contributed by atoms with Crippen LogP contribution in [0.3, 0.4) is 0 Å². The molecule has 0 N–H and O–H groups in total. The molecule has 0 aromatic rings. The minimum absolute atomic E-state index is 0.0379. The largest absolute Gasteiger partial charge is 0.376 e. The van der Waals surface area contributed by atoms with E-state index in [2.05, 4.69) is 16.7 Å². The van der Waals surface area contributed by atoms with Crippen LogP contribution in [0.5, 0.6) is 0 Å². The zero-order valence-electron chi connectivity index (χ0n) is 12.9. The van der Waals surface area contributed by atoms with Crippen LogP contribution in [0, 0.1) is 5.92 Å². The molecule has 4 nitrogen and oxygen atoms in total. The van der Waals surface area contributed by atoms with Crippen LogP contribution in [-0.2, 0) is 4.74 Å². The van der Waals surface area contributed by atoms with Crippen LogP contribution in [0.15, 0.2) is 4.99 Å². The third-order valence-corrected chi connectivity index (χ3v) is 3.93. The number of ether oxygens (including phenoxy) is 1. The number of aliphatic imine (C=N–C) groups is 1. The summed E-state index contributed by atoms with van der Waals surface area (Å²) in [6, 6.07) is 0. The van der Waals surface area contributed by atoms with E-state index in [1.54, 1.807) is 0 Å². The molecule has 1 saturated carbocycles. The summed E-state index contributed by atoms with van der Waals surface area (Å²) in [5.74, 6) is 1.84. The predicted molar refractivity (Wildman–Crippen MR) is 77.0 cm³/mol. The molecule has 4 heteroatoms. The van der Waals surface area contributed by atoms with Gasteiger partial charge in [-0.15, -0.1) is 0 Å². The molecule has 1 aliphatic carbocycles. The summed E-state index contributed by atoms with van der Waals surface area (Å²) < 4.78 is 5.79. The van der Waals surface area contributed by atoms with Crippen molar-refractivity contribution in [3.63, 3.8) is 0 Å². The molecule has 0 bridgehead atoms. The Morgan fingerprint density at radius 1 is 1.17 bits per heavy atom. The molecule has 0 aromatic heterocycles. The van der Waals surface area contributed by atoms with E-state index in [-0.39, 0.29) is 5.60 Å². The van der Waals surface area contributed by atoms with Crippen molar-refractivity contribution >= 4 is 5.96 Å². The van der Waals surface area contributed by atoms with E-state index in [1.807, 2.05) is 35.3 Å². The highest BCUT2D eigenvalue weighted by Crippen LogP contribution is 2.34. The fourth-order valence-corrected chi connectivity index (χ4v) is 2.61. The van der Waals surface area contributed by atoms with Crippen LogP contribution >= 0.6 is 0 Å². The summed E-state index contributed by atoms with van der Waals surface area (Å²) in [5.41, 5.74) is -0.0379. The average Bonchev–Trinajstić information content (AvgIpc) is 2.31. The minimum Gasteiger partial charge on any atom is -0.376 e. The first-order valence-electron chi connectivity index (χ1n) is 6.84. The Hall–Kier alpha value is -0.770. The van der Waals surface area contributed by atoms with Crippen LogP contribution in [0.25, 0.3) is 0 Å². The Morgan fingerprint density at radius 2 is 1.67 bits per heavy atom. The number of hydrogen-bond donors (Lipinski definition) is 0. The fourth-order valence-electron chi connectivity index (χ4n) is 2.61. The van der Waals surface area contributed by atoms with E-state index in [0.29, 0.717) is 0 Å². The first-order chi connectivity index (χ1) is 8.40. The Morgan fingerprint density at radius 3 is 2.06 bits per heavy atom. The smallest absolute Gasteiger partial charge is 0.195 e. The monoisotopic (exact) mass is 255 g/mol. The summed E-state index contributed by atoms with van der Waals surface area (Å²) in [4.78, 5) is 8.86. The number of hydrogen-bond acceptors (Lipinski definition) is 2. The van der Waals surface area contributed by atoms with Gasteiger partial charge >= 0.3 is 0 Å². The number of nitrogens with zero attached hydrogens (tertiary/aromatic N) is 3. The average molecular weight is 255 g/mol. The van der Waals surface area contributed by atoms with Gasteiger partial charge in [-0.2, -0.15) is 0 Å². The molecule has 0 amide bonds. The Bertz CT molecular complexity index is 269. The van der Waals surface area contributed by atoms with Crippen LogP contribution in [0.1, 0.15) is 32.6 Å². The van der Waals surface area contributed by atoms with E-state index in [9.17, 15) is 0 Å². The normalized spacial score (nSPS) is 27.8. The van der Waals surface area contributed by atoms with Gasteiger partial charge in [-0.3, -0.25) is 0 Å². The van der Waals surface area contributed by atoms with E-state index in [4.69, 9.17) is 9.73 Å². The summed E-state index contributed by atoms with van der Waals surface area (Å²) >= 11 is 0. The number of methoxy groups -OCH3 is 1. The van der Waals surface area contributed by atoms with E-state index < -0.39 is 0 Å². The lowest BCUT2D eigenvalue weighted by Crippen LogP contribution is -2.41. The predicted octanol–water partition coefficient (Wildman–Crippen LogP) is 2.06. The maximum Gasteiger partial charge on any atom is 0.195 e. The molecule has 1 rings (SSSR count). The van der Waals surface area contributed by atoms with Crippen LogP contribution < -0.4 is 0 Å². The van der Waals surface area contributed by atoms with Gasteiger partial charge < -0.3 is 14.5 Å². The lowest BCUT2D eigenvalue weighted by molar-refractivity contribution is -0.0396. The molecule has 1 aliphatic rings. The third-order valence-electron chi connectivity index (χ3n) is 3.93. The van der Waals surface area contributed by atoms with E-state index >= 15 is 0 Å². The third kappa shape index (κ3) is 3.87. The maximum absolute atomic E-state index is 5.79. The molecule has 0 spiro atoms. The van der Waals surface area contributed by atoms with Crippen molar-refractivity contribution in [3.05, 3.63) is 0 Å². The molecule has 0 unspecified atom stereocenters. The fraction of sp³-hybridized carbons (Fsp3) is 0.929. The van der Waals surface area contributed by atoms with Crippen molar-refractivity contribution in [2.24, 2.45) is 10.9 Å². The van der Waals surface area contributed by atoms with Gasteiger partial charge in [-0.05, 0) is 31.6 Å². The highest BCUT2D eigenvalue weighted by molar-refractivity contribution is 5.79. The Kier molecular flexibility index (Phi) is 5.45. The quantitative estimate of drug-likeness (QED) is 0.571. The lowest BCUT2D eigenvalue weighted by Gasteiger charge is -2.37. The molecule has 18 heavy (non-hydrogen) atoms. The van der Waals surface area contributed by atoms with Gasteiger partial charge in [0.25, 0.3) is 0 Å². The molecule has 0 aliphatic heterocycles. The van der Waals surface area contributed by atoms with Crippen molar-refractivity contribution in [2.45, 2.75) is 38.2 Å². The Labute approximate surface area is 112 Å². The SMILES string of the molecule is COC1(CN=C(N(C)C)N(C)C)CCC(C)CC1. The van der Waals surface area contributed by atoms with Crippen molar-refractivity contribution < 1.29 is 4.74 Å². The van der Waals surface area contributed by atoms with Gasteiger partial charge in [0.1, 0.15) is 0 Å². The second kappa shape index (κ2) is 6.41. The topological polar surface area (TPSA) is 28.1 Å². The highest BCUT2D eigenvalue weighted by Gasteiger charge is 2.34. The molecule has 0 saturated heterocycles. The summed E-state index contributed by atoms with van der Waals surface area (Å²) in [6.07, 6.45) is 4.76. The maximum atomic E-state index is 5.79. The van der Waals surface area contributed by atoms with Crippen LogP contribution in [0.4, 0.5) is 0 Å². The molecular weight excluding hydrogens is 226 g/mol. The molecular formula is C14H29N3O. The minimum atomic E-state index is -0.0379. The Balaban J connectivity index is 2.71. The van der Waals surface area contributed by atoms with E-state index in [1.165, 1.54) is 12.8 Å². The highest BCUT2D eigenvalue weighted by atomic mass is 16.5. The van der Waals surface area contributed by atoms with Gasteiger partial charge in [0.2, 0.25) is 0 Å². The van der Waals surface area contributed by atoms with Crippen molar-refractivity contribution in [1.29, 1.82) is 0 Å². The second-order valence-electron chi connectivity index (χ2n) is 5.97. The molecule has 0 heterocycles. The lowest BCUT2D eigenvalue weighted by atomic mass is 9.79. The van der Waals surface area contributed by atoms with E-state index in [0.717, 1.165) is 31.3 Å². The van der Waals surface area contributed by atoms with Crippen LogP contribution in [-0.4, -0.2) is 63.2 Å². The number of rotatable bonds is 3. The zero-order valence-corrected chi connectivity index (χ0v) is 12.9. The van der Waals surface area contributed by atoms with Crippen molar-refractivity contribution in [3.8, 4) is 0 Å². The summed E-state index contributed by atoms with van der Waals surface area (Å²) in [6.45, 7) is 3.09.